The second-order valence-corrected chi connectivity index (χ2v) is 4.60. The molecule has 0 aromatic heterocycles. The zero-order chi connectivity index (χ0) is 13.9. The van der Waals surface area contributed by atoms with Crippen LogP contribution < -0.4 is 10.6 Å². The number of hydrogen-bond donors (Lipinski definition) is 2. The van der Waals surface area contributed by atoms with Crippen molar-refractivity contribution < 1.29 is 8.78 Å². The largest absolute Gasteiger partial charge is 0.384 e. The third kappa shape index (κ3) is 3.18. The zero-order valence-corrected chi connectivity index (χ0v) is 10.9. The fraction of sp³-hybridized carbons (Fsp3) is 0.462. The summed E-state index contributed by atoms with van der Waals surface area (Å²) in [7, 11) is 1.65. The third-order valence-corrected chi connectivity index (χ3v) is 2.99. The average molecular weight is 255 g/mol. The first kappa shape index (κ1) is 14.4. The Bertz CT molecular complexity index is 423. The number of nitrogens with zero attached hydrogens (tertiary/aromatic N) is 1. The van der Waals surface area contributed by atoms with Crippen LogP contribution in [0, 0.1) is 23.0 Å². The van der Waals surface area contributed by atoms with Gasteiger partial charge in [0.25, 0.3) is 0 Å². The van der Waals surface area contributed by atoms with Crippen molar-refractivity contribution >= 4 is 11.5 Å². The minimum absolute atomic E-state index is 0.0608. The molecule has 1 aromatic carbocycles. The van der Waals surface area contributed by atoms with E-state index in [4.69, 9.17) is 11.1 Å². The summed E-state index contributed by atoms with van der Waals surface area (Å²) in [5.41, 5.74) is 5.21. The van der Waals surface area contributed by atoms with E-state index in [0.717, 1.165) is 18.6 Å². The minimum Gasteiger partial charge on any atom is -0.384 e. The predicted molar refractivity (Wildman–Crippen MR) is 70.1 cm³/mol. The van der Waals surface area contributed by atoms with Gasteiger partial charge < -0.3 is 10.6 Å². The summed E-state index contributed by atoms with van der Waals surface area (Å²) in [6.07, 6.45) is 0.944. The molecule has 100 valence electrons. The Hall–Kier alpha value is -1.65. The molecule has 0 saturated heterocycles. The number of rotatable bonds is 5. The molecule has 0 radical (unpaired) electrons. The highest BCUT2D eigenvalue weighted by molar-refractivity contribution is 5.95. The molecule has 5 heteroatoms. The number of benzene rings is 1. The van der Waals surface area contributed by atoms with E-state index < -0.39 is 11.6 Å². The maximum absolute atomic E-state index is 13.8. The highest BCUT2D eigenvalue weighted by Crippen LogP contribution is 2.25. The van der Waals surface area contributed by atoms with E-state index in [0.29, 0.717) is 12.5 Å². The Morgan fingerprint density at radius 3 is 2.28 bits per heavy atom. The Labute approximate surface area is 106 Å². The van der Waals surface area contributed by atoms with E-state index in [1.54, 1.807) is 11.9 Å². The molecule has 1 unspecified atom stereocenters. The van der Waals surface area contributed by atoms with Gasteiger partial charge in [-0.05, 0) is 18.1 Å². The smallest absolute Gasteiger partial charge is 0.150 e. The van der Waals surface area contributed by atoms with Gasteiger partial charge in [-0.2, -0.15) is 0 Å². The molecule has 0 saturated carbocycles. The molecule has 18 heavy (non-hydrogen) atoms. The lowest BCUT2D eigenvalue weighted by atomic mass is 10.1. The summed E-state index contributed by atoms with van der Waals surface area (Å²) in [6, 6.07) is 2.18. The first-order chi connectivity index (χ1) is 8.36. The second kappa shape index (κ2) is 5.80. The van der Waals surface area contributed by atoms with E-state index >= 15 is 0 Å². The van der Waals surface area contributed by atoms with Crippen molar-refractivity contribution in [3.8, 4) is 0 Å². The van der Waals surface area contributed by atoms with Crippen molar-refractivity contribution in [3.05, 3.63) is 29.3 Å². The number of nitrogens with one attached hydrogen (secondary N) is 1. The number of nitrogen functional groups attached to an aromatic ring is 1. The van der Waals surface area contributed by atoms with Crippen molar-refractivity contribution in [2.75, 3.05) is 18.5 Å². The first-order valence-electron chi connectivity index (χ1n) is 5.91. The molecular weight excluding hydrogens is 236 g/mol. The number of hydrogen-bond acceptors (Lipinski definition) is 2. The van der Waals surface area contributed by atoms with Gasteiger partial charge in [0, 0.05) is 19.2 Å². The van der Waals surface area contributed by atoms with Gasteiger partial charge in [0.15, 0.2) is 0 Å². The van der Waals surface area contributed by atoms with E-state index in [2.05, 4.69) is 0 Å². The topological polar surface area (TPSA) is 53.1 Å². The van der Waals surface area contributed by atoms with Crippen LogP contribution in [-0.2, 0) is 0 Å². The van der Waals surface area contributed by atoms with Crippen molar-refractivity contribution in [2.45, 2.75) is 20.3 Å². The van der Waals surface area contributed by atoms with Crippen LogP contribution in [0.15, 0.2) is 12.1 Å². The second-order valence-electron chi connectivity index (χ2n) is 4.60. The predicted octanol–water partition coefficient (Wildman–Crippen LogP) is 2.73. The van der Waals surface area contributed by atoms with E-state index in [1.807, 2.05) is 13.8 Å². The summed E-state index contributed by atoms with van der Waals surface area (Å²) in [4.78, 5) is 1.56. The Balaban J connectivity index is 3.06. The molecule has 0 heterocycles. The van der Waals surface area contributed by atoms with Crippen LogP contribution in [-0.4, -0.2) is 19.4 Å². The molecule has 1 atom stereocenters. The fourth-order valence-corrected chi connectivity index (χ4v) is 1.77. The molecule has 0 fully saturated rings. The maximum Gasteiger partial charge on any atom is 0.150 e. The van der Waals surface area contributed by atoms with Gasteiger partial charge in [0.05, 0.1) is 0 Å². The standard InChI is InChI=1S/C13H19F2N3/c1-4-8(2)7-18(3)12-10(14)5-9(13(16)17)6-11(12)15/h5-6,8H,4,7H2,1-3H3,(H3,16,17). The minimum atomic E-state index is -0.689. The summed E-state index contributed by atoms with van der Waals surface area (Å²) in [6.45, 7) is 4.63. The maximum atomic E-state index is 13.8. The molecule has 1 rings (SSSR count). The molecule has 0 spiro atoms. The van der Waals surface area contributed by atoms with E-state index in [-0.39, 0.29) is 17.1 Å². The zero-order valence-electron chi connectivity index (χ0n) is 10.9. The van der Waals surface area contributed by atoms with Crippen LogP contribution in [0.1, 0.15) is 25.8 Å². The molecule has 0 aliphatic rings. The van der Waals surface area contributed by atoms with Gasteiger partial charge in [0.1, 0.15) is 23.2 Å². The lowest BCUT2D eigenvalue weighted by Gasteiger charge is -2.24. The summed E-state index contributed by atoms with van der Waals surface area (Å²) in [5, 5.41) is 7.18. The highest BCUT2D eigenvalue weighted by atomic mass is 19.1. The van der Waals surface area contributed by atoms with Crippen LogP contribution in [0.5, 0.6) is 0 Å². The van der Waals surface area contributed by atoms with Gasteiger partial charge in [0.2, 0.25) is 0 Å². The highest BCUT2D eigenvalue weighted by Gasteiger charge is 2.17. The van der Waals surface area contributed by atoms with Crippen LogP contribution in [0.4, 0.5) is 14.5 Å². The van der Waals surface area contributed by atoms with Crippen LogP contribution >= 0.6 is 0 Å². The van der Waals surface area contributed by atoms with Gasteiger partial charge in [-0.15, -0.1) is 0 Å². The number of halogens is 2. The molecule has 1 aromatic rings. The first-order valence-corrected chi connectivity index (χ1v) is 5.91. The fourth-order valence-electron chi connectivity index (χ4n) is 1.77. The number of anilines is 1. The van der Waals surface area contributed by atoms with Crippen molar-refractivity contribution in [3.63, 3.8) is 0 Å². The summed E-state index contributed by atoms with van der Waals surface area (Å²) >= 11 is 0. The van der Waals surface area contributed by atoms with E-state index in [9.17, 15) is 8.78 Å². The SMILES string of the molecule is CCC(C)CN(C)c1c(F)cc(C(=N)N)cc1F. The van der Waals surface area contributed by atoms with Gasteiger partial charge in [-0.1, -0.05) is 20.3 Å². The van der Waals surface area contributed by atoms with Crippen LogP contribution in [0.3, 0.4) is 0 Å². The van der Waals surface area contributed by atoms with Gasteiger partial charge >= 0.3 is 0 Å². The molecule has 0 amide bonds. The molecule has 0 aliphatic carbocycles. The molecular formula is C13H19F2N3. The van der Waals surface area contributed by atoms with E-state index in [1.165, 1.54) is 0 Å². The Morgan fingerprint density at radius 1 is 1.39 bits per heavy atom. The Morgan fingerprint density at radius 2 is 1.89 bits per heavy atom. The molecule has 3 N–H and O–H groups in total. The molecule has 0 bridgehead atoms. The van der Waals surface area contributed by atoms with Gasteiger partial charge in [-0.3, -0.25) is 5.41 Å². The van der Waals surface area contributed by atoms with Crippen molar-refractivity contribution in [1.82, 2.24) is 0 Å². The van der Waals surface area contributed by atoms with Crippen molar-refractivity contribution in [1.29, 1.82) is 5.41 Å². The quantitative estimate of drug-likeness (QED) is 0.628. The monoisotopic (exact) mass is 255 g/mol. The lowest BCUT2D eigenvalue weighted by molar-refractivity contribution is 0.533. The van der Waals surface area contributed by atoms with Gasteiger partial charge in [-0.25, -0.2) is 8.78 Å². The van der Waals surface area contributed by atoms with Crippen LogP contribution in [0.25, 0.3) is 0 Å². The third-order valence-electron chi connectivity index (χ3n) is 2.99. The summed E-state index contributed by atoms with van der Waals surface area (Å²) in [5.74, 6) is -1.37. The van der Waals surface area contributed by atoms with Crippen LogP contribution in [0.2, 0.25) is 0 Å². The molecule has 0 aliphatic heterocycles. The number of amidine groups is 1. The number of nitrogens with two attached hydrogens (primary N) is 1. The lowest BCUT2D eigenvalue weighted by Crippen LogP contribution is -2.26. The summed E-state index contributed by atoms with van der Waals surface area (Å²) < 4.78 is 27.7. The average Bonchev–Trinajstić information content (AvgIpc) is 2.27. The van der Waals surface area contributed by atoms with Crippen molar-refractivity contribution in [2.24, 2.45) is 11.7 Å². The Kier molecular flexibility index (Phi) is 4.64. The molecule has 3 nitrogen and oxygen atoms in total. The normalized spacial score (nSPS) is 12.3.